The van der Waals surface area contributed by atoms with Crippen molar-refractivity contribution in [2.75, 3.05) is 13.2 Å². The van der Waals surface area contributed by atoms with Gasteiger partial charge in [-0.25, -0.2) is 4.79 Å². The minimum Gasteiger partial charge on any atom is -0.491 e. The quantitative estimate of drug-likeness (QED) is 0.398. The number of thioether (sulfide) groups is 1. The Labute approximate surface area is 205 Å². The minimum atomic E-state index is -1.14. The van der Waals surface area contributed by atoms with Crippen LogP contribution in [0.15, 0.2) is 57.9 Å². The highest BCUT2D eigenvalue weighted by atomic mass is 35.5. The highest BCUT2D eigenvalue weighted by molar-refractivity contribution is 8.18. The van der Waals surface area contributed by atoms with E-state index in [1.165, 1.54) is 18.2 Å². The van der Waals surface area contributed by atoms with Gasteiger partial charge in [-0.15, -0.1) is 0 Å². The Bertz CT molecular complexity index is 1330. The molecule has 0 spiro atoms. The Hall–Kier alpha value is -3.49. The highest BCUT2D eigenvalue weighted by Gasteiger charge is 2.35. The maximum absolute atomic E-state index is 12.8. The molecule has 1 aliphatic heterocycles. The molecule has 0 atom stereocenters. The van der Waals surface area contributed by atoms with E-state index in [2.05, 4.69) is 0 Å². The molecule has 1 saturated heterocycles. The van der Waals surface area contributed by atoms with Crippen LogP contribution in [-0.4, -0.2) is 40.3 Å². The van der Waals surface area contributed by atoms with E-state index in [4.69, 9.17) is 20.8 Å². The first kappa shape index (κ1) is 23.7. The van der Waals surface area contributed by atoms with Crippen molar-refractivity contribution >= 4 is 46.6 Å². The smallest absolute Gasteiger partial charge is 0.337 e. The zero-order valence-electron chi connectivity index (χ0n) is 18.3. The maximum atomic E-state index is 12.8. The number of furan rings is 1. The molecule has 7 nitrogen and oxygen atoms in total. The number of ether oxygens (including phenoxy) is 1. The standard InChI is InChI=1S/C25H20ClNO6S/c1-14-3-4-15(2)21(11-14)32-10-9-27-23(28)22(34-25(27)31)13-17-6-8-20(33-17)16-5-7-19(26)18(12-16)24(29)30/h3-8,11-13H,9-10H2,1-2H3,(H,29,30)/b22-13-. The van der Waals surface area contributed by atoms with E-state index < -0.39 is 11.9 Å². The van der Waals surface area contributed by atoms with E-state index >= 15 is 0 Å². The van der Waals surface area contributed by atoms with E-state index in [0.29, 0.717) is 17.1 Å². The second-order valence-electron chi connectivity index (χ2n) is 7.65. The molecule has 2 heterocycles. The van der Waals surface area contributed by atoms with Crippen molar-refractivity contribution in [2.45, 2.75) is 13.8 Å². The average molecular weight is 498 g/mol. The first-order chi connectivity index (χ1) is 16.2. The Balaban J connectivity index is 1.44. The zero-order chi connectivity index (χ0) is 24.4. The van der Waals surface area contributed by atoms with Crippen molar-refractivity contribution in [3.8, 4) is 17.1 Å². The van der Waals surface area contributed by atoms with Gasteiger partial charge in [0.1, 0.15) is 23.9 Å². The molecular weight excluding hydrogens is 478 g/mol. The molecule has 0 unspecified atom stereocenters. The van der Waals surface area contributed by atoms with Crippen molar-refractivity contribution in [1.82, 2.24) is 4.90 Å². The van der Waals surface area contributed by atoms with Gasteiger partial charge in [0.05, 0.1) is 22.0 Å². The second kappa shape index (κ2) is 9.79. The number of rotatable bonds is 7. The van der Waals surface area contributed by atoms with Crippen LogP contribution in [0.2, 0.25) is 5.02 Å². The highest BCUT2D eigenvalue weighted by Crippen LogP contribution is 2.34. The van der Waals surface area contributed by atoms with Crippen LogP contribution in [0.5, 0.6) is 5.75 Å². The second-order valence-corrected chi connectivity index (χ2v) is 9.05. The van der Waals surface area contributed by atoms with E-state index in [1.54, 1.807) is 18.2 Å². The Morgan fingerprint density at radius 3 is 2.71 bits per heavy atom. The molecule has 174 valence electrons. The van der Waals surface area contributed by atoms with E-state index in [1.807, 2.05) is 32.0 Å². The molecule has 0 bridgehead atoms. The number of aryl methyl sites for hydroxylation is 2. The van der Waals surface area contributed by atoms with Gasteiger partial charge in [-0.2, -0.15) is 0 Å². The van der Waals surface area contributed by atoms with Crippen LogP contribution in [0.4, 0.5) is 4.79 Å². The fourth-order valence-corrected chi connectivity index (χ4v) is 4.40. The molecule has 0 saturated carbocycles. The summed E-state index contributed by atoms with van der Waals surface area (Å²) in [4.78, 5) is 37.8. The fraction of sp³-hybridized carbons (Fsp3) is 0.160. The number of benzene rings is 2. The van der Waals surface area contributed by atoms with Crippen molar-refractivity contribution in [3.05, 3.63) is 80.9 Å². The van der Waals surface area contributed by atoms with Crippen molar-refractivity contribution in [2.24, 2.45) is 0 Å². The molecule has 2 aromatic carbocycles. The maximum Gasteiger partial charge on any atom is 0.337 e. The van der Waals surface area contributed by atoms with Crippen LogP contribution < -0.4 is 4.74 Å². The average Bonchev–Trinajstić information content (AvgIpc) is 3.36. The lowest BCUT2D eigenvalue weighted by molar-refractivity contribution is -0.123. The molecule has 1 aromatic heterocycles. The molecule has 1 aliphatic rings. The van der Waals surface area contributed by atoms with Crippen LogP contribution >= 0.6 is 23.4 Å². The van der Waals surface area contributed by atoms with E-state index in [9.17, 15) is 19.5 Å². The number of aromatic carboxylic acids is 1. The van der Waals surface area contributed by atoms with Gasteiger partial charge in [-0.3, -0.25) is 14.5 Å². The molecule has 4 rings (SSSR count). The lowest BCUT2D eigenvalue weighted by atomic mass is 10.1. The summed E-state index contributed by atoms with van der Waals surface area (Å²) in [5.74, 6) is -0.0737. The van der Waals surface area contributed by atoms with Gasteiger partial charge in [-0.1, -0.05) is 23.7 Å². The van der Waals surface area contributed by atoms with Gasteiger partial charge in [0.15, 0.2) is 0 Å². The molecule has 1 fully saturated rings. The molecule has 34 heavy (non-hydrogen) atoms. The molecular formula is C25H20ClNO6S. The summed E-state index contributed by atoms with van der Waals surface area (Å²) in [5.41, 5.74) is 2.52. The Morgan fingerprint density at radius 1 is 1.15 bits per heavy atom. The number of nitrogens with zero attached hydrogens (tertiary/aromatic N) is 1. The Morgan fingerprint density at radius 2 is 1.94 bits per heavy atom. The number of imide groups is 1. The van der Waals surface area contributed by atoms with Gasteiger partial charge in [0.2, 0.25) is 0 Å². The van der Waals surface area contributed by atoms with Crippen molar-refractivity contribution in [3.63, 3.8) is 0 Å². The summed E-state index contributed by atoms with van der Waals surface area (Å²) in [5, 5.41) is 9.00. The number of halogens is 1. The van der Waals surface area contributed by atoms with Crippen molar-refractivity contribution < 1.29 is 28.6 Å². The van der Waals surface area contributed by atoms with Crippen LogP contribution in [0.1, 0.15) is 27.2 Å². The lowest BCUT2D eigenvalue weighted by Gasteiger charge is -2.14. The van der Waals surface area contributed by atoms with Crippen LogP contribution in [0.25, 0.3) is 17.4 Å². The van der Waals surface area contributed by atoms with E-state index in [0.717, 1.165) is 33.5 Å². The number of carbonyl (C=O) groups excluding carboxylic acids is 2. The van der Waals surface area contributed by atoms with Gasteiger partial charge in [0, 0.05) is 11.6 Å². The summed E-state index contributed by atoms with van der Waals surface area (Å²) in [6.07, 6.45) is 1.49. The topological polar surface area (TPSA) is 97.1 Å². The number of hydrogen-bond acceptors (Lipinski definition) is 6. The largest absolute Gasteiger partial charge is 0.491 e. The number of carboxylic acids is 1. The van der Waals surface area contributed by atoms with Gasteiger partial charge in [-0.05, 0) is 73.1 Å². The summed E-state index contributed by atoms with van der Waals surface area (Å²) < 4.78 is 11.5. The van der Waals surface area contributed by atoms with Crippen molar-refractivity contribution in [1.29, 1.82) is 0 Å². The normalized spacial score (nSPS) is 14.8. The SMILES string of the molecule is Cc1ccc(C)c(OCCN2C(=O)S/C(=C\c3ccc(-c4ccc(Cl)c(C(=O)O)c4)o3)C2=O)c1. The molecule has 2 amide bonds. The van der Waals surface area contributed by atoms with Crippen LogP contribution in [0, 0.1) is 13.8 Å². The summed E-state index contributed by atoms with van der Waals surface area (Å²) >= 11 is 6.75. The number of carbonyl (C=O) groups is 3. The molecule has 1 N–H and O–H groups in total. The minimum absolute atomic E-state index is 0.0405. The molecule has 3 aromatic rings. The number of hydrogen-bond donors (Lipinski definition) is 1. The third-order valence-corrected chi connectivity index (χ3v) is 6.41. The zero-order valence-corrected chi connectivity index (χ0v) is 19.9. The third kappa shape index (κ3) is 5.03. The summed E-state index contributed by atoms with van der Waals surface area (Å²) in [7, 11) is 0. The summed E-state index contributed by atoms with van der Waals surface area (Å²) in [6, 6.07) is 13.7. The fourth-order valence-electron chi connectivity index (χ4n) is 3.36. The predicted octanol–water partition coefficient (Wildman–Crippen LogP) is 6.03. The molecule has 9 heteroatoms. The van der Waals surface area contributed by atoms with Gasteiger partial charge in [0.25, 0.3) is 11.1 Å². The van der Waals surface area contributed by atoms with Gasteiger partial charge >= 0.3 is 5.97 Å². The number of amides is 2. The summed E-state index contributed by atoms with van der Waals surface area (Å²) in [6.45, 7) is 4.21. The van der Waals surface area contributed by atoms with E-state index in [-0.39, 0.29) is 33.9 Å². The predicted molar refractivity (Wildman–Crippen MR) is 130 cm³/mol. The molecule has 0 aliphatic carbocycles. The molecule has 0 radical (unpaired) electrons. The van der Waals surface area contributed by atoms with Crippen LogP contribution in [-0.2, 0) is 4.79 Å². The monoisotopic (exact) mass is 497 g/mol. The Kier molecular flexibility index (Phi) is 6.81. The first-order valence-corrected chi connectivity index (χ1v) is 11.5. The van der Waals surface area contributed by atoms with Gasteiger partial charge < -0.3 is 14.3 Å². The third-order valence-electron chi connectivity index (χ3n) is 5.17. The number of carboxylic acid groups (broad SMARTS) is 1. The first-order valence-electron chi connectivity index (χ1n) is 10.3. The lowest BCUT2D eigenvalue weighted by Crippen LogP contribution is -2.32. The van der Waals surface area contributed by atoms with Crippen LogP contribution in [0.3, 0.4) is 0 Å².